The monoisotopic (exact) mass is 310 g/mol. The van der Waals surface area contributed by atoms with Crippen LogP contribution < -0.4 is 5.32 Å². The molecule has 22 heavy (non-hydrogen) atoms. The molecule has 124 valence electrons. The Balaban J connectivity index is 2.63. The van der Waals surface area contributed by atoms with Crippen molar-refractivity contribution >= 4 is 6.03 Å². The predicted molar refractivity (Wildman–Crippen MR) is 86.1 cm³/mol. The number of urea groups is 1. The van der Waals surface area contributed by atoms with Crippen LogP contribution in [-0.4, -0.2) is 35.7 Å². The molecule has 0 saturated carbocycles. The third-order valence-corrected chi connectivity index (χ3v) is 3.22. The number of carbonyl (C=O) groups is 1. The molecule has 4 nitrogen and oxygen atoms in total. The molecule has 2 amide bonds. The number of hydrogen-bond donors (Lipinski definition) is 2. The highest BCUT2D eigenvalue weighted by Gasteiger charge is 2.20. The van der Waals surface area contributed by atoms with Gasteiger partial charge in [-0.1, -0.05) is 32.9 Å². The van der Waals surface area contributed by atoms with Crippen molar-refractivity contribution in [2.75, 3.05) is 19.7 Å². The highest BCUT2D eigenvalue weighted by Crippen LogP contribution is 2.16. The Hall–Kier alpha value is -1.62. The van der Waals surface area contributed by atoms with Gasteiger partial charge in [0.25, 0.3) is 0 Å². The first-order chi connectivity index (χ1) is 10.2. The van der Waals surface area contributed by atoms with Gasteiger partial charge in [0.15, 0.2) is 0 Å². The number of amides is 2. The Labute approximate surface area is 132 Å². The number of halogens is 1. The maximum Gasteiger partial charge on any atom is 0.317 e. The van der Waals surface area contributed by atoms with Gasteiger partial charge in [0.1, 0.15) is 5.82 Å². The summed E-state index contributed by atoms with van der Waals surface area (Å²) in [6, 6.07) is 4.76. The first kappa shape index (κ1) is 18.4. The van der Waals surface area contributed by atoms with Crippen LogP contribution in [-0.2, 0) is 6.54 Å². The van der Waals surface area contributed by atoms with E-state index >= 15 is 0 Å². The zero-order valence-electron chi connectivity index (χ0n) is 13.9. The molecule has 0 bridgehead atoms. The number of hydrogen-bond acceptors (Lipinski definition) is 2. The third kappa shape index (κ3) is 6.43. The normalized spacial score (nSPS) is 11.4. The van der Waals surface area contributed by atoms with Gasteiger partial charge in [-0.15, -0.1) is 0 Å². The Bertz CT molecular complexity index is 498. The minimum Gasteiger partial charge on any atom is -0.396 e. The SMILES string of the molecule is Cc1ccc(CNC(=O)N(CCCO)CC(C)(C)C)cc1F. The van der Waals surface area contributed by atoms with Crippen molar-refractivity contribution in [3.8, 4) is 0 Å². The first-order valence-electron chi connectivity index (χ1n) is 7.61. The second kappa shape index (κ2) is 8.13. The molecule has 1 rings (SSSR count). The highest BCUT2D eigenvalue weighted by atomic mass is 19.1. The maximum atomic E-state index is 13.5. The standard InChI is InChI=1S/C17H27FN2O2/c1-13-6-7-14(10-15(13)18)11-19-16(22)20(8-5-9-21)12-17(2,3)4/h6-7,10,21H,5,8-9,11-12H2,1-4H3,(H,19,22). The fourth-order valence-corrected chi connectivity index (χ4v) is 2.12. The molecule has 0 aliphatic carbocycles. The molecule has 0 aromatic heterocycles. The Morgan fingerprint density at radius 3 is 2.59 bits per heavy atom. The van der Waals surface area contributed by atoms with E-state index in [-0.39, 0.29) is 30.4 Å². The number of benzene rings is 1. The van der Waals surface area contributed by atoms with Crippen LogP contribution in [0.1, 0.15) is 38.3 Å². The van der Waals surface area contributed by atoms with E-state index in [9.17, 15) is 9.18 Å². The van der Waals surface area contributed by atoms with Crippen molar-refractivity contribution in [2.45, 2.75) is 40.7 Å². The summed E-state index contributed by atoms with van der Waals surface area (Å²) in [7, 11) is 0. The lowest BCUT2D eigenvalue weighted by Crippen LogP contribution is -2.44. The summed E-state index contributed by atoms with van der Waals surface area (Å²) < 4.78 is 13.5. The van der Waals surface area contributed by atoms with Crippen molar-refractivity contribution in [2.24, 2.45) is 5.41 Å². The highest BCUT2D eigenvalue weighted by molar-refractivity contribution is 5.74. The van der Waals surface area contributed by atoms with Crippen LogP contribution in [0.2, 0.25) is 0 Å². The van der Waals surface area contributed by atoms with E-state index in [1.165, 1.54) is 6.07 Å². The van der Waals surface area contributed by atoms with Crippen LogP contribution in [0.25, 0.3) is 0 Å². The zero-order chi connectivity index (χ0) is 16.8. The summed E-state index contributed by atoms with van der Waals surface area (Å²) >= 11 is 0. The van der Waals surface area contributed by atoms with Crippen LogP contribution in [0.5, 0.6) is 0 Å². The van der Waals surface area contributed by atoms with Gasteiger partial charge in [-0.05, 0) is 36.0 Å². The second-order valence-electron chi connectivity index (χ2n) is 6.80. The number of aliphatic hydroxyl groups excluding tert-OH is 1. The van der Waals surface area contributed by atoms with Crippen molar-refractivity contribution in [3.63, 3.8) is 0 Å². The minimum atomic E-state index is -0.265. The largest absolute Gasteiger partial charge is 0.396 e. The molecule has 1 aromatic rings. The third-order valence-electron chi connectivity index (χ3n) is 3.22. The quantitative estimate of drug-likeness (QED) is 0.848. The molecule has 2 N–H and O–H groups in total. The zero-order valence-corrected chi connectivity index (χ0v) is 13.9. The molecule has 0 fully saturated rings. The van der Waals surface area contributed by atoms with Gasteiger partial charge >= 0.3 is 6.03 Å². The van der Waals surface area contributed by atoms with Crippen LogP contribution in [0.15, 0.2) is 18.2 Å². The van der Waals surface area contributed by atoms with E-state index in [0.29, 0.717) is 25.1 Å². The molecule has 0 aliphatic heterocycles. The molecule has 0 heterocycles. The maximum absolute atomic E-state index is 13.5. The van der Waals surface area contributed by atoms with E-state index in [1.807, 2.05) is 0 Å². The van der Waals surface area contributed by atoms with Gasteiger partial charge in [0.05, 0.1) is 0 Å². The van der Waals surface area contributed by atoms with Crippen LogP contribution >= 0.6 is 0 Å². The van der Waals surface area contributed by atoms with Gasteiger partial charge in [-0.2, -0.15) is 0 Å². The van der Waals surface area contributed by atoms with Crippen LogP contribution in [0.3, 0.4) is 0 Å². The molecule has 0 aliphatic rings. The van der Waals surface area contributed by atoms with E-state index in [1.54, 1.807) is 24.0 Å². The number of nitrogens with zero attached hydrogens (tertiary/aromatic N) is 1. The molecular weight excluding hydrogens is 283 g/mol. The molecule has 0 radical (unpaired) electrons. The Kier molecular flexibility index (Phi) is 6.81. The fraction of sp³-hybridized carbons (Fsp3) is 0.588. The summed E-state index contributed by atoms with van der Waals surface area (Å²) in [6.07, 6.45) is 0.544. The van der Waals surface area contributed by atoms with Crippen molar-refractivity contribution in [1.29, 1.82) is 0 Å². The summed E-state index contributed by atoms with van der Waals surface area (Å²) in [5.74, 6) is -0.265. The number of nitrogens with one attached hydrogen (secondary N) is 1. The van der Waals surface area contributed by atoms with Crippen LogP contribution in [0.4, 0.5) is 9.18 Å². The summed E-state index contributed by atoms with van der Waals surface area (Å²) in [5.41, 5.74) is 1.30. The lowest BCUT2D eigenvalue weighted by Gasteiger charge is -2.30. The summed E-state index contributed by atoms with van der Waals surface area (Å²) in [5, 5.41) is 11.8. The summed E-state index contributed by atoms with van der Waals surface area (Å²) in [6.45, 7) is 9.32. The topological polar surface area (TPSA) is 52.6 Å². The molecule has 0 atom stereocenters. The predicted octanol–water partition coefficient (Wildman–Crippen LogP) is 3.07. The second-order valence-corrected chi connectivity index (χ2v) is 6.80. The molecule has 5 heteroatoms. The number of aryl methyl sites for hydroxylation is 1. The van der Waals surface area contributed by atoms with Gasteiger partial charge < -0.3 is 15.3 Å². The van der Waals surface area contributed by atoms with E-state index in [0.717, 1.165) is 5.56 Å². The molecule has 0 unspecified atom stereocenters. The fourth-order valence-electron chi connectivity index (χ4n) is 2.12. The molecule has 1 aromatic carbocycles. The lowest BCUT2D eigenvalue weighted by atomic mass is 9.96. The average molecular weight is 310 g/mol. The van der Waals surface area contributed by atoms with Crippen molar-refractivity contribution < 1.29 is 14.3 Å². The number of carbonyl (C=O) groups excluding carboxylic acids is 1. The Morgan fingerprint density at radius 1 is 1.36 bits per heavy atom. The van der Waals surface area contributed by atoms with Gasteiger partial charge in [0, 0.05) is 26.2 Å². The summed E-state index contributed by atoms with van der Waals surface area (Å²) in [4.78, 5) is 14.0. The van der Waals surface area contributed by atoms with Gasteiger partial charge in [-0.3, -0.25) is 0 Å². The molecule has 0 saturated heterocycles. The van der Waals surface area contributed by atoms with Crippen LogP contribution in [0, 0.1) is 18.2 Å². The van der Waals surface area contributed by atoms with Gasteiger partial charge in [-0.25, -0.2) is 9.18 Å². The van der Waals surface area contributed by atoms with E-state index < -0.39 is 0 Å². The van der Waals surface area contributed by atoms with E-state index in [2.05, 4.69) is 26.1 Å². The van der Waals surface area contributed by atoms with Crippen molar-refractivity contribution in [3.05, 3.63) is 35.1 Å². The Morgan fingerprint density at radius 2 is 2.05 bits per heavy atom. The average Bonchev–Trinajstić information content (AvgIpc) is 2.43. The van der Waals surface area contributed by atoms with E-state index in [4.69, 9.17) is 5.11 Å². The molecule has 0 spiro atoms. The molecular formula is C17H27FN2O2. The number of rotatable bonds is 6. The van der Waals surface area contributed by atoms with Crippen molar-refractivity contribution in [1.82, 2.24) is 10.2 Å². The van der Waals surface area contributed by atoms with Gasteiger partial charge in [0.2, 0.25) is 0 Å². The lowest BCUT2D eigenvalue weighted by molar-refractivity contribution is 0.164. The minimum absolute atomic E-state index is 0.0250. The smallest absolute Gasteiger partial charge is 0.317 e. The first-order valence-corrected chi connectivity index (χ1v) is 7.61. The number of aliphatic hydroxyl groups is 1.